The average molecular weight is 183 g/mol. The molecule has 1 atom stereocenters. The smallest absolute Gasteiger partial charge is 0.104 e. The van der Waals surface area contributed by atoms with Gasteiger partial charge < -0.3 is 5.11 Å². The summed E-state index contributed by atoms with van der Waals surface area (Å²) in [4.78, 5) is 0. The Kier molecular flexibility index (Phi) is 5.09. The predicted octanol–water partition coefficient (Wildman–Crippen LogP) is 2.19. The third-order valence-corrected chi connectivity index (χ3v) is 2.69. The van der Waals surface area contributed by atoms with Gasteiger partial charge in [0.1, 0.15) is 6.23 Å². The highest BCUT2D eigenvalue weighted by Crippen LogP contribution is 2.21. The van der Waals surface area contributed by atoms with E-state index in [1.165, 1.54) is 32.1 Å². The fraction of sp³-hybridized carbons (Fsp3) is 0.818. The van der Waals surface area contributed by atoms with E-state index >= 15 is 0 Å². The number of nitrogens with one attached hydrogen (secondary N) is 1. The van der Waals surface area contributed by atoms with E-state index in [4.69, 9.17) is 0 Å². The molecule has 0 saturated carbocycles. The first-order valence-electron chi connectivity index (χ1n) is 5.36. The monoisotopic (exact) mass is 183 g/mol. The summed E-state index contributed by atoms with van der Waals surface area (Å²) in [6, 6.07) is 0. The molecule has 0 aliphatic heterocycles. The Morgan fingerprint density at radius 1 is 1.54 bits per heavy atom. The van der Waals surface area contributed by atoms with Gasteiger partial charge in [0, 0.05) is 0 Å². The van der Waals surface area contributed by atoms with Crippen molar-refractivity contribution in [2.24, 2.45) is 0 Å². The zero-order valence-corrected chi connectivity index (χ0v) is 8.55. The molecule has 0 aromatic rings. The molecule has 0 heterocycles. The van der Waals surface area contributed by atoms with E-state index in [1.54, 1.807) is 12.6 Å². The normalized spacial score (nSPS) is 19.7. The second-order valence-corrected chi connectivity index (χ2v) is 3.80. The van der Waals surface area contributed by atoms with Crippen molar-refractivity contribution in [2.75, 3.05) is 7.05 Å². The number of allylic oxidation sites excluding steroid dienone is 2. The van der Waals surface area contributed by atoms with Crippen LogP contribution in [-0.4, -0.2) is 18.4 Å². The SMILES string of the molecule is CN[C@H](O)CCCC1=CCCCC1. The lowest BCUT2D eigenvalue weighted by molar-refractivity contribution is 0.134. The van der Waals surface area contributed by atoms with Crippen LogP contribution >= 0.6 is 0 Å². The molecule has 2 N–H and O–H groups in total. The van der Waals surface area contributed by atoms with E-state index in [2.05, 4.69) is 11.4 Å². The molecule has 0 aromatic carbocycles. The van der Waals surface area contributed by atoms with Gasteiger partial charge in [0.2, 0.25) is 0 Å². The molecular formula is C11H21NO. The number of hydrogen-bond acceptors (Lipinski definition) is 2. The zero-order valence-electron chi connectivity index (χ0n) is 8.55. The number of aliphatic hydroxyl groups is 1. The summed E-state index contributed by atoms with van der Waals surface area (Å²) in [5, 5.41) is 12.1. The second kappa shape index (κ2) is 6.17. The summed E-state index contributed by atoms with van der Waals surface area (Å²) < 4.78 is 0. The van der Waals surface area contributed by atoms with Crippen molar-refractivity contribution >= 4 is 0 Å². The van der Waals surface area contributed by atoms with Gasteiger partial charge in [0.15, 0.2) is 0 Å². The van der Waals surface area contributed by atoms with Gasteiger partial charge in [-0.1, -0.05) is 11.6 Å². The third-order valence-electron chi connectivity index (χ3n) is 2.69. The molecular weight excluding hydrogens is 162 g/mol. The highest BCUT2D eigenvalue weighted by Gasteiger charge is 2.04. The molecule has 0 amide bonds. The van der Waals surface area contributed by atoms with Crippen LogP contribution < -0.4 is 5.32 Å². The molecule has 1 aliphatic rings. The maximum absolute atomic E-state index is 9.26. The Morgan fingerprint density at radius 2 is 2.38 bits per heavy atom. The molecule has 0 saturated heterocycles. The minimum Gasteiger partial charge on any atom is -0.379 e. The van der Waals surface area contributed by atoms with Crippen molar-refractivity contribution in [3.05, 3.63) is 11.6 Å². The maximum atomic E-state index is 9.26. The summed E-state index contributed by atoms with van der Waals surface area (Å²) in [6.07, 6.45) is 10.5. The lowest BCUT2D eigenvalue weighted by Crippen LogP contribution is -2.23. The minimum atomic E-state index is -0.316. The molecule has 0 aromatic heterocycles. The van der Waals surface area contributed by atoms with Crippen molar-refractivity contribution in [3.63, 3.8) is 0 Å². The lowest BCUT2D eigenvalue weighted by atomic mass is 9.95. The highest BCUT2D eigenvalue weighted by molar-refractivity contribution is 5.04. The summed E-state index contributed by atoms with van der Waals surface area (Å²) >= 11 is 0. The van der Waals surface area contributed by atoms with Crippen molar-refractivity contribution < 1.29 is 5.11 Å². The summed E-state index contributed by atoms with van der Waals surface area (Å²) in [6.45, 7) is 0. The van der Waals surface area contributed by atoms with Crippen LogP contribution in [0.1, 0.15) is 44.9 Å². The van der Waals surface area contributed by atoms with E-state index in [0.717, 1.165) is 12.8 Å². The van der Waals surface area contributed by atoms with Crippen LogP contribution in [0.25, 0.3) is 0 Å². The molecule has 1 aliphatic carbocycles. The van der Waals surface area contributed by atoms with E-state index < -0.39 is 0 Å². The zero-order chi connectivity index (χ0) is 9.52. The van der Waals surface area contributed by atoms with Gasteiger partial charge in [-0.05, 0) is 52.0 Å². The van der Waals surface area contributed by atoms with Crippen LogP contribution in [0, 0.1) is 0 Å². The van der Waals surface area contributed by atoms with E-state index in [-0.39, 0.29) is 6.23 Å². The topological polar surface area (TPSA) is 32.3 Å². The van der Waals surface area contributed by atoms with Crippen LogP contribution in [-0.2, 0) is 0 Å². The van der Waals surface area contributed by atoms with Gasteiger partial charge in [0.25, 0.3) is 0 Å². The number of aliphatic hydroxyl groups excluding tert-OH is 1. The van der Waals surface area contributed by atoms with Crippen molar-refractivity contribution in [1.29, 1.82) is 0 Å². The van der Waals surface area contributed by atoms with Gasteiger partial charge in [-0.25, -0.2) is 0 Å². The van der Waals surface area contributed by atoms with E-state index in [0.29, 0.717) is 0 Å². The molecule has 2 heteroatoms. The van der Waals surface area contributed by atoms with Gasteiger partial charge in [0.05, 0.1) is 0 Å². The fourth-order valence-corrected chi connectivity index (χ4v) is 1.80. The lowest BCUT2D eigenvalue weighted by Gasteiger charge is -2.13. The Balaban J connectivity index is 2.08. The van der Waals surface area contributed by atoms with Crippen LogP contribution in [0.4, 0.5) is 0 Å². The molecule has 0 bridgehead atoms. The molecule has 2 nitrogen and oxygen atoms in total. The van der Waals surface area contributed by atoms with Crippen LogP contribution in [0.2, 0.25) is 0 Å². The van der Waals surface area contributed by atoms with E-state index in [9.17, 15) is 5.11 Å². The van der Waals surface area contributed by atoms with Crippen LogP contribution in [0.3, 0.4) is 0 Å². The fourth-order valence-electron chi connectivity index (χ4n) is 1.80. The predicted molar refractivity (Wildman–Crippen MR) is 55.5 cm³/mol. The maximum Gasteiger partial charge on any atom is 0.104 e. The Hall–Kier alpha value is -0.340. The number of rotatable bonds is 5. The van der Waals surface area contributed by atoms with Crippen LogP contribution in [0.5, 0.6) is 0 Å². The minimum absolute atomic E-state index is 0.316. The van der Waals surface area contributed by atoms with Gasteiger partial charge >= 0.3 is 0 Å². The van der Waals surface area contributed by atoms with Crippen molar-refractivity contribution in [2.45, 2.75) is 51.2 Å². The summed E-state index contributed by atoms with van der Waals surface area (Å²) in [5.41, 5.74) is 1.61. The molecule has 76 valence electrons. The molecule has 0 spiro atoms. The largest absolute Gasteiger partial charge is 0.379 e. The Morgan fingerprint density at radius 3 is 3.00 bits per heavy atom. The summed E-state index contributed by atoms with van der Waals surface area (Å²) in [7, 11) is 1.80. The second-order valence-electron chi connectivity index (χ2n) is 3.80. The number of hydrogen-bond donors (Lipinski definition) is 2. The Labute approximate surface area is 81.0 Å². The standard InChI is InChI=1S/C11H21NO/c1-12-11(13)9-5-8-10-6-3-2-4-7-10/h6,11-13H,2-5,7-9H2,1H3/t11-/m1/s1. The molecule has 0 fully saturated rings. The third kappa shape index (κ3) is 4.44. The summed E-state index contributed by atoms with van der Waals surface area (Å²) in [5.74, 6) is 0. The van der Waals surface area contributed by atoms with Crippen molar-refractivity contribution in [1.82, 2.24) is 5.32 Å². The molecule has 0 radical (unpaired) electrons. The average Bonchev–Trinajstić information content (AvgIpc) is 2.19. The first kappa shape index (κ1) is 10.7. The van der Waals surface area contributed by atoms with Gasteiger partial charge in [-0.15, -0.1) is 0 Å². The quantitative estimate of drug-likeness (QED) is 0.506. The highest BCUT2D eigenvalue weighted by atomic mass is 16.3. The van der Waals surface area contributed by atoms with Gasteiger partial charge in [-0.2, -0.15) is 0 Å². The first-order chi connectivity index (χ1) is 6.33. The van der Waals surface area contributed by atoms with Gasteiger partial charge in [-0.3, -0.25) is 5.32 Å². The van der Waals surface area contributed by atoms with E-state index in [1.807, 2.05) is 0 Å². The molecule has 13 heavy (non-hydrogen) atoms. The molecule has 1 rings (SSSR count). The van der Waals surface area contributed by atoms with Crippen LogP contribution in [0.15, 0.2) is 11.6 Å². The first-order valence-corrected chi connectivity index (χ1v) is 5.36. The molecule has 0 unspecified atom stereocenters. The Bertz CT molecular complexity index is 165. The van der Waals surface area contributed by atoms with Crippen molar-refractivity contribution in [3.8, 4) is 0 Å².